The standard InChI is InChI=1S/C6H11NO3S/c1-11-3-2-5(8)7-4-6(9)10/h2-4H2,1H3,(H,7,8)(H,9,10). The number of carboxylic acid groups (broad SMARTS) is 1. The monoisotopic (exact) mass is 177 g/mol. The summed E-state index contributed by atoms with van der Waals surface area (Å²) in [4.78, 5) is 20.7. The maximum absolute atomic E-state index is 10.7. The first-order chi connectivity index (χ1) is 5.16. The van der Waals surface area contributed by atoms with Crippen molar-refractivity contribution in [1.29, 1.82) is 0 Å². The summed E-state index contributed by atoms with van der Waals surface area (Å²) in [6, 6.07) is 0. The van der Waals surface area contributed by atoms with Gasteiger partial charge in [0.15, 0.2) is 0 Å². The van der Waals surface area contributed by atoms with Crippen molar-refractivity contribution in [2.45, 2.75) is 6.42 Å². The van der Waals surface area contributed by atoms with E-state index in [1.165, 1.54) is 0 Å². The Morgan fingerprint density at radius 1 is 1.55 bits per heavy atom. The molecule has 0 unspecified atom stereocenters. The van der Waals surface area contributed by atoms with E-state index in [-0.39, 0.29) is 12.5 Å². The minimum absolute atomic E-state index is 0.207. The normalized spacial score (nSPS) is 9.18. The summed E-state index contributed by atoms with van der Waals surface area (Å²) in [5, 5.41) is 10.4. The molecule has 0 aromatic heterocycles. The summed E-state index contributed by atoms with van der Waals surface area (Å²) < 4.78 is 0. The molecule has 0 aromatic rings. The summed E-state index contributed by atoms with van der Waals surface area (Å²) in [7, 11) is 0. The molecule has 0 saturated heterocycles. The molecular weight excluding hydrogens is 166 g/mol. The third kappa shape index (κ3) is 7.18. The number of carbonyl (C=O) groups excluding carboxylic acids is 1. The van der Waals surface area contributed by atoms with Crippen LogP contribution in [0.4, 0.5) is 0 Å². The molecule has 0 radical (unpaired) electrons. The van der Waals surface area contributed by atoms with Crippen molar-refractivity contribution in [3.63, 3.8) is 0 Å². The highest BCUT2D eigenvalue weighted by molar-refractivity contribution is 7.98. The Hall–Kier alpha value is -0.710. The van der Waals surface area contributed by atoms with Crippen LogP contribution in [0.3, 0.4) is 0 Å². The Morgan fingerprint density at radius 2 is 2.18 bits per heavy atom. The first-order valence-corrected chi connectivity index (χ1v) is 4.53. The lowest BCUT2D eigenvalue weighted by atomic mass is 10.4. The van der Waals surface area contributed by atoms with Crippen LogP contribution in [0.25, 0.3) is 0 Å². The fourth-order valence-electron chi connectivity index (χ4n) is 0.457. The minimum Gasteiger partial charge on any atom is -0.480 e. The molecule has 0 aliphatic heterocycles. The summed E-state index contributed by atoms with van der Waals surface area (Å²) in [5.41, 5.74) is 0. The quantitative estimate of drug-likeness (QED) is 0.617. The average molecular weight is 177 g/mol. The van der Waals surface area contributed by atoms with Gasteiger partial charge in [-0.25, -0.2) is 0 Å². The minimum atomic E-state index is -1.01. The highest BCUT2D eigenvalue weighted by Gasteiger charge is 2.01. The van der Waals surface area contributed by atoms with E-state index < -0.39 is 5.97 Å². The van der Waals surface area contributed by atoms with E-state index in [9.17, 15) is 9.59 Å². The van der Waals surface area contributed by atoms with Crippen LogP contribution in [0.15, 0.2) is 0 Å². The van der Waals surface area contributed by atoms with Gasteiger partial charge in [-0.15, -0.1) is 0 Å². The van der Waals surface area contributed by atoms with Gasteiger partial charge >= 0.3 is 5.97 Å². The lowest BCUT2D eigenvalue weighted by molar-refractivity contribution is -0.137. The molecule has 0 aliphatic carbocycles. The topological polar surface area (TPSA) is 66.4 Å². The zero-order valence-corrected chi connectivity index (χ0v) is 7.11. The van der Waals surface area contributed by atoms with Gasteiger partial charge in [0.05, 0.1) is 0 Å². The lowest BCUT2D eigenvalue weighted by Crippen LogP contribution is -2.29. The van der Waals surface area contributed by atoms with Crippen molar-refractivity contribution >= 4 is 23.6 Å². The highest BCUT2D eigenvalue weighted by atomic mass is 32.2. The van der Waals surface area contributed by atoms with Crippen LogP contribution in [0.5, 0.6) is 0 Å². The summed E-state index contributed by atoms with van der Waals surface area (Å²) in [5.74, 6) is -0.491. The van der Waals surface area contributed by atoms with Gasteiger partial charge in [-0.1, -0.05) is 0 Å². The first kappa shape index (κ1) is 10.3. The van der Waals surface area contributed by atoms with Crippen molar-refractivity contribution in [3.8, 4) is 0 Å². The number of nitrogens with one attached hydrogen (secondary N) is 1. The zero-order chi connectivity index (χ0) is 8.69. The SMILES string of the molecule is CSCCC(=O)NCC(=O)O. The number of hydrogen-bond acceptors (Lipinski definition) is 3. The summed E-state index contributed by atoms with van der Waals surface area (Å²) >= 11 is 1.56. The number of rotatable bonds is 5. The maximum atomic E-state index is 10.7. The van der Waals surface area contributed by atoms with Crippen LogP contribution in [0.1, 0.15) is 6.42 Å². The Labute approximate surface area is 69.4 Å². The van der Waals surface area contributed by atoms with Crippen LogP contribution in [0.2, 0.25) is 0 Å². The number of amides is 1. The van der Waals surface area contributed by atoms with Crippen LogP contribution in [0, 0.1) is 0 Å². The summed E-state index contributed by atoms with van der Waals surface area (Å²) in [6.45, 7) is -0.285. The van der Waals surface area contributed by atoms with Gasteiger partial charge in [-0.3, -0.25) is 9.59 Å². The second-order valence-electron chi connectivity index (χ2n) is 1.91. The van der Waals surface area contributed by atoms with Crippen molar-refractivity contribution in [2.75, 3.05) is 18.6 Å². The van der Waals surface area contributed by atoms with Gasteiger partial charge in [-0.2, -0.15) is 11.8 Å². The Kier molecular flexibility index (Phi) is 5.64. The number of carbonyl (C=O) groups is 2. The van der Waals surface area contributed by atoms with Crippen molar-refractivity contribution < 1.29 is 14.7 Å². The van der Waals surface area contributed by atoms with Crippen molar-refractivity contribution in [3.05, 3.63) is 0 Å². The molecule has 11 heavy (non-hydrogen) atoms. The fraction of sp³-hybridized carbons (Fsp3) is 0.667. The first-order valence-electron chi connectivity index (χ1n) is 3.14. The van der Waals surface area contributed by atoms with Crippen LogP contribution in [-0.4, -0.2) is 35.5 Å². The second kappa shape index (κ2) is 6.03. The van der Waals surface area contributed by atoms with Crippen LogP contribution >= 0.6 is 11.8 Å². The van der Waals surface area contributed by atoms with E-state index in [4.69, 9.17) is 5.11 Å². The van der Waals surface area contributed by atoms with E-state index in [1.54, 1.807) is 11.8 Å². The molecule has 2 N–H and O–H groups in total. The zero-order valence-electron chi connectivity index (χ0n) is 6.29. The highest BCUT2D eigenvalue weighted by Crippen LogP contribution is 1.94. The third-order valence-electron chi connectivity index (χ3n) is 0.970. The number of carboxylic acids is 1. The predicted molar refractivity (Wildman–Crippen MR) is 43.6 cm³/mol. The molecular formula is C6H11NO3S. The number of thioether (sulfide) groups is 1. The predicted octanol–water partition coefficient (Wildman–Crippen LogP) is -0.0597. The Bertz CT molecular complexity index is 149. The van der Waals surface area contributed by atoms with E-state index in [0.29, 0.717) is 6.42 Å². The van der Waals surface area contributed by atoms with Gasteiger partial charge in [0, 0.05) is 12.2 Å². The maximum Gasteiger partial charge on any atom is 0.322 e. The molecule has 0 aromatic carbocycles. The third-order valence-corrected chi connectivity index (χ3v) is 1.58. The van der Waals surface area contributed by atoms with E-state index >= 15 is 0 Å². The molecule has 0 aliphatic rings. The van der Waals surface area contributed by atoms with E-state index in [1.807, 2.05) is 6.26 Å². The molecule has 0 atom stereocenters. The van der Waals surface area contributed by atoms with Crippen LogP contribution < -0.4 is 5.32 Å². The Balaban J connectivity index is 3.30. The lowest BCUT2D eigenvalue weighted by Gasteiger charge is -1.99. The smallest absolute Gasteiger partial charge is 0.322 e. The molecule has 64 valence electrons. The molecule has 0 fully saturated rings. The largest absolute Gasteiger partial charge is 0.480 e. The van der Waals surface area contributed by atoms with Gasteiger partial charge in [0.2, 0.25) is 5.91 Å². The summed E-state index contributed by atoms with van der Waals surface area (Å²) in [6.07, 6.45) is 2.28. The second-order valence-corrected chi connectivity index (χ2v) is 2.90. The van der Waals surface area contributed by atoms with Crippen LogP contribution in [-0.2, 0) is 9.59 Å². The molecule has 1 amide bonds. The van der Waals surface area contributed by atoms with Gasteiger partial charge < -0.3 is 10.4 Å². The molecule has 0 spiro atoms. The number of hydrogen-bond donors (Lipinski definition) is 2. The van der Waals surface area contributed by atoms with Crippen molar-refractivity contribution in [2.24, 2.45) is 0 Å². The molecule has 5 heteroatoms. The number of aliphatic carboxylic acids is 1. The van der Waals surface area contributed by atoms with Gasteiger partial charge in [0.1, 0.15) is 6.54 Å². The Morgan fingerprint density at radius 3 is 2.64 bits per heavy atom. The molecule has 4 nitrogen and oxygen atoms in total. The molecule has 0 bridgehead atoms. The van der Waals surface area contributed by atoms with Gasteiger partial charge in [0.25, 0.3) is 0 Å². The molecule has 0 rings (SSSR count). The van der Waals surface area contributed by atoms with Crippen molar-refractivity contribution in [1.82, 2.24) is 5.32 Å². The average Bonchev–Trinajstić information content (AvgIpc) is 1.97. The molecule has 0 saturated carbocycles. The van der Waals surface area contributed by atoms with E-state index in [0.717, 1.165) is 5.75 Å². The fourth-order valence-corrected chi connectivity index (χ4v) is 0.847. The molecule has 0 heterocycles. The van der Waals surface area contributed by atoms with Gasteiger partial charge in [-0.05, 0) is 6.26 Å². The van der Waals surface area contributed by atoms with E-state index in [2.05, 4.69) is 5.32 Å².